The van der Waals surface area contributed by atoms with Gasteiger partial charge in [0.25, 0.3) is 0 Å². The molecular formula is C14H23N3O. The van der Waals surface area contributed by atoms with Crippen molar-refractivity contribution in [3.63, 3.8) is 0 Å². The molecule has 0 bridgehead atoms. The van der Waals surface area contributed by atoms with Crippen molar-refractivity contribution in [1.82, 2.24) is 4.98 Å². The molecule has 1 atom stereocenters. The Kier molecular flexibility index (Phi) is 4.55. The molecule has 1 saturated heterocycles. The van der Waals surface area contributed by atoms with Crippen LogP contribution < -0.4 is 10.6 Å². The number of nitrogens with zero attached hydrogens (tertiary/aromatic N) is 2. The van der Waals surface area contributed by atoms with E-state index in [0.717, 1.165) is 45.0 Å². The molecule has 0 amide bonds. The second kappa shape index (κ2) is 6.16. The average molecular weight is 249 g/mol. The van der Waals surface area contributed by atoms with Gasteiger partial charge in [-0.15, -0.1) is 0 Å². The minimum Gasteiger partial charge on any atom is -0.380 e. The van der Waals surface area contributed by atoms with Crippen LogP contribution in [0.15, 0.2) is 12.3 Å². The van der Waals surface area contributed by atoms with Gasteiger partial charge < -0.3 is 15.4 Å². The lowest BCUT2D eigenvalue weighted by atomic mass is 10.1. The van der Waals surface area contributed by atoms with Crippen molar-refractivity contribution < 1.29 is 4.74 Å². The lowest BCUT2D eigenvalue weighted by Gasteiger charge is -2.23. The molecule has 18 heavy (non-hydrogen) atoms. The topological polar surface area (TPSA) is 51.4 Å². The maximum Gasteiger partial charge on any atom is 0.131 e. The van der Waals surface area contributed by atoms with Crippen molar-refractivity contribution in [2.24, 2.45) is 5.73 Å². The number of rotatable bonds is 3. The smallest absolute Gasteiger partial charge is 0.131 e. The molecule has 2 heterocycles. The lowest BCUT2D eigenvalue weighted by molar-refractivity contribution is 0.152. The van der Waals surface area contributed by atoms with Gasteiger partial charge in [0.2, 0.25) is 0 Å². The van der Waals surface area contributed by atoms with E-state index in [-0.39, 0.29) is 6.04 Å². The standard InChI is InChI=1S/C14H23N3O/c1-11-8-13(9-12(2)15)10-16-14(11)17-4-3-6-18-7-5-17/h8,10,12H,3-7,9,15H2,1-2H3. The molecule has 0 aliphatic carbocycles. The summed E-state index contributed by atoms with van der Waals surface area (Å²) < 4.78 is 5.48. The highest BCUT2D eigenvalue weighted by Gasteiger charge is 2.13. The predicted octanol–water partition coefficient (Wildman–Crippen LogP) is 1.51. The highest BCUT2D eigenvalue weighted by Crippen LogP contribution is 2.19. The molecule has 0 saturated carbocycles. The van der Waals surface area contributed by atoms with Gasteiger partial charge in [0.05, 0.1) is 6.61 Å². The molecule has 1 unspecified atom stereocenters. The van der Waals surface area contributed by atoms with E-state index in [1.165, 1.54) is 11.1 Å². The fourth-order valence-electron chi connectivity index (χ4n) is 2.40. The summed E-state index contributed by atoms with van der Waals surface area (Å²) in [4.78, 5) is 6.93. The Bertz CT molecular complexity index is 385. The van der Waals surface area contributed by atoms with E-state index in [1.807, 2.05) is 13.1 Å². The predicted molar refractivity (Wildman–Crippen MR) is 74.0 cm³/mol. The molecule has 0 radical (unpaired) electrons. The first-order valence-electron chi connectivity index (χ1n) is 6.70. The van der Waals surface area contributed by atoms with Crippen LogP contribution >= 0.6 is 0 Å². The molecular weight excluding hydrogens is 226 g/mol. The molecule has 1 aliphatic heterocycles. The highest BCUT2D eigenvalue weighted by atomic mass is 16.5. The van der Waals surface area contributed by atoms with Gasteiger partial charge >= 0.3 is 0 Å². The van der Waals surface area contributed by atoms with E-state index >= 15 is 0 Å². The second-order valence-corrected chi connectivity index (χ2v) is 5.12. The van der Waals surface area contributed by atoms with Crippen molar-refractivity contribution in [3.8, 4) is 0 Å². The number of pyridine rings is 1. The van der Waals surface area contributed by atoms with Crippen LogP contribution in [0.1, 0.15) is 24.5 Å². The zero-order chi connectivity index (χ0) is 13.0. The van der Waals surface area contributed by atoms with E-state index in [4.69, 9.17) is 10.5 Å². The van der Waals surface area contributed by atoms with Crippen LogP contribution in [0.5, 0.6) is 0 Å². The summed E-state index contributed by atoms with van der Waals surface area (Å²) in [7, 11) is 0. The summed E-state index contributed by atoms with van der Waals surface area (Å²) in [6.07, 6.45) is 3.91. The normalized spacial score (nSPS) is 18.5. The third kappa shape index (κ3) is 3.43. The monoisotopic (exact) mass is 249 g/mol. The van der Waals surface area contributed by atoms with Crippen LogP contribution in [0, 0.1) is 6.92 Å². The Morgan fingerprint density at radius 1 is 1.44 bits per heavy atom. The minimum atomic E-state index is 0.184. The van der Waals surface area contributed by atoms with Crippen LogP contribution in [0.3, 0.4) is 0 Å². The van der Waals surface area contributed by atoms with Crippen molar-refractivity contribution in [2.45, 2.75) is 32.7 Å². The van der Waals surface area contributed by atoms with Gasteiger partial charge in [-0.25, -0.2) is 4.98 Å². The molecule has 100 valence electrons. The first kappa shape index (κ1) is 13.3. The summed E-state index contributed by atoms with van der Waals surface area (Å²) in [5.41, 5.74) is 8.27. The summed E-state index contributed by atoms with van der Waals surface area (Å²) in [6.45, 7) is 7.76. The maximum absolute atomic E-state index is 5.82. The van der Waals surface area contributed by atoms with Crippen molar-refractivity contribution in [2.75, 3.05) is 31.2 Å². The summed E-state index contributed by atoms with van der Waals surface area (Å²) in [5, 5.41) is 0. The van der Waals surface area contributed by atoms with E-state index < -0.39 is 0 Å². The SMILES string of the molecule is Cc1cc(CC(C)N)cnc1N1CCCOCC1. The molecule has 2 rings (SSSR count). The van der Waals surface area contributed by atoms with E-state index in [2.05, 4.69) is 22.9 Å². The van der Waals surface area contributed by atoms with E-state index in [9.17, 15) is 0 Å². The number of hydrogen-bond acceptors (Lipinski definition) is 4. The van der Waals surface area contributed by atoms with Gasteiger partial charge in [-0.05, 0) is 37.8 Å². The molecule has 4 heteroatoms. The van der Waals surface area contributed by atoms with Crippen molar-refractivity contribution in [1.29, 1.82) is 0 Å². The highest BCUT2D eigenvalue weighted by molar-refractivity contribution is 5.47. The molecule has 4 nitrogen and oxygen atoms in total. The average Bonchev–Trinajstić information content (AvgIpc) is 2.57. The summed E-state index contributed by atoms with van der Waals surface area (Å²) >= 11 is 0. The number of aromatic nitrogens is 1. The Labute approximate surface area is 109 Å². The number of nitrogens with two attached hydrogens (primary N) is 1. The maximum atomic E-state index is 5.82. The number of aryl methyl sites for hydroxylation is 1. The quantitative estimate of drug-likeness (QED) is 0.882. The van der Waals surface area contributed by atoms with Crippen molar-refractivity contribution in [3.05, 3.63) is 23.4 Å². The van der Waals surface area contributed by atoms with E-state index in [0.29, 0.717) is 0 Å². The molecule has 2 N–H and O–H groups in total. The molecule has 1 fully saturated rings. The Hall–Kier alpha value is -1.13. The third-order valence-corrected chi connectivity index (χ3v) is 3.19. The van der Waals surface area contributed by atoms with Gasteiger partial charge in [0, 0.05) is 31.9 Å². The molecule has 0 spiro atoms. The number of anilines is 1. The Morgan fingerprint density at radius 3 is 3.00 bits per heavy atom. The van der Waals surface area contributed by atoms with Crippen LogP contribution in [-0.4, -0.2) is 37.3 Å². The zero-order valence-electron chi connectivity index (χ0n) is 11.4. The van der Waals surface area contributed by atoms with Gasteiger partial charge in [0.1, 0.15) is 5.82 Å². The fourth-order valence-corrected chi connectivity index (χ4v) is 2.40. The molecule has 0 aromatic carbocycles. The molecule has 1 aromatic heterocycles. The lowest BCUT2D eigenvalue weighted by Crippen LogP contribution is -2.27. The first-order valence-corrected chi connectivity index (χ1v) is 6.70. The Balaban J connectivity index is 2.12. The van der Waals surface area contributed by atoms with Crippen LogP contribution in [0.25, 0.3) is 0 Å². The van der Waals surface area contributed by atoms with Gasteiger partial charge in [0.15, 0.2) is 0 Å². The van der Waals surface area contributed by atoms with Crippen LogP contribution in [0.2, 0.25) is 0 Å². The summed E-state index contributed by atoms with van der Waals surface area (Å²) in [5.74, 6) is 1.09. The minimum absolute atomic E-state index is 0.184. The van der Waals surface area contributed by atoms with Crippen molar-refractivity contribution >= 4 is 5.82 Å². The largest absolute Gasteiger partial charge is 0.380 e. The number of hydrogen-bond donors (Lipinski definition) is 1. The van der Waals surface area contributed by atoms with Crippen LogP contribution in [0.4, 0.5) is 5.82 Å². The fraction of sp³-hybridized carbons (Fsp3) is 0.643. The van der Waals surface area contributed by atoms with Crippen LogP contribution in [-0.2, 0) is 11.2 Å². The van der Waals surface area contributed by atoms with E-state index in [1.54, 1.807) is 0 Å². The second-order valence-electron chi connectivity index (χ2n) is 5.12. The van der Waals surface area contributed by atoms with Gasteiger partial charge in [-0.1, -0.05) is 6.07 Å². The van der Waals surface area contributed by atoms with Gasteiger partial charge in [-0.2, -0.15) is 0 Å². The Morgan fingerprint density at radius 2 is 2.28 bits per heavy atom. The zero-order valence-corrected chi connectivity index (χ0v) is 11.4. The molecule has 1 aliphatic rings. The third-order valence-electron chi connectivity index (χ3n) is 3.19. The number of ether oxygens (including phenoxy) is 1. The van der Waals surface area contributed by atoms with Gasteiger partial charge in [-0.3, -0.25) is 0 Å². The molecule has 1 aromatic rings. The summed E-state index contributed by atoms with van der Waals surface area (Å²) in [6, 6.07) is 2.39. The first-order chi connectivity index (χ1) is 8.66.